The second-order valence-electron chi connectivity index (χ2n) is 2.71. The van der Waals surface area contributed by atoms with Gasteiger partial charge in [-0.2, -0.15) is 0 Å². The van der Waals surface area contributed by atoms with Crippen molar-refractivity contribution in [2.75, 3.05) is 14.2 Å². The van der Waals surface area contributed by atoms with Crippen molar-refractivity contribution in [3.8, 4) is 0 Å². The van der Waals surface area contributed by atoms with E-state index in [0.29, 0.717) is 0 Å². The quantitative estimate of drug-likeness (QED) is 0.538. The van der Waals surface area contributed by atoms with Crippen LogP contribution >= 0.6 is 0 Å². The Bertz CT molecular complexity index is 355. The van der Waals surface area contributed by atoms with E-state index >= 15 is 0 Å². The number of hydrogen-bond donors (Lipinski definition) is 0. The van der Waals surface area contributed by atoms with Gasteiger partial charge in [-0.1, -0.05) is 0 Å². The van der Waals surface area contributed by atoms with E-state index in [4.69, 9.17) is 4.42 Å². The molecule has 0 N–H and O–H groups in total. The van der Waals surface area contributed by atoms with E-state index in [1.807, 2.05) is 0 Å². The second kappa shape index (κ2) is 4.06. The van der Waals surface area contributed by atoms with Gasteiger partial charge in [-0.3, -0.25) is 14.4 Å². The summed E-state index contributed by atoms with van der Waals surface area (Å²) < 4.78 is 5.01. The first-order chi connectivity index (χ1) is 6.56. The van der Waals surface area contributed by atoms with Crippen molar-refractivity contribution in [1.82, 2.24) is 5.06 Å². The molecule has 0 aliphatic carbocycles. The molecule has 0 spiro atoms. The smallest absolute Gasteiger partial charge is 0.312 e. The summed E-state index contributed by atoms with van der Waals surface area (Å²) >= 11 is 0. The highest BCUT2D eigenvalue weighted by atomic mass is 16.7. The summed E-state index contributed by atoms with van der Waals surface area (Å²) in [6, 6.07) is 2.90. The van der Waals surface area contributed by atoms with Gasteiger partial charge < -0.3 is 4.42 Å². The Morgan fingerprint density at radius 3 is 2.36 bits per heavy atom. The van der Waals surface area contributed by atoms with Crippen LogP contribution in [0.2, 0.25) is 0 Å². The number of furan rings is 1. The Kier molecular flexibility index (Phi) is 3.03. The number of carbonyl (C=O) groups is 2. The molecule has 0 saturated heterocycles. The van der Waals surface area contributed by atoms with Gasteiger partial charge in [-0.25, -0.2) is 5.06 Å². The fourth-order valence-corrected chi connectivity index (χ4v) is 0.880. The molecule has 0 saturated carbocycles. The van der Waals surface area contributed by atoms with Crippen LogP contribution in [0.5, 0.6) is 0 Å². The van der Waals surface area contributed by atoms with Gasteiger partial charge in [0, 0.05) is 14.0 Å². The molecule has 5 heteroatoms. The van der Waals surface area contributed by atoms with E-state index in [-0.39, 0.29) is 17.3 Å². The van der Waals surface area contributed by atoms with Gasteiger partial charge in [-0.05, 0) is 12.1 Å². The molecule has 1 aromatic heterocycles. The maximum atomic E-state index is 11.4. The molecule has 1 heterocycles. The monoisotopic (exact) mass is 197 g/mol. The summed E-state index contributed by atoms with van der Waals surface area (Å²) in [6.07, 6.45) is 0. The first-order valence-electron chi connectivity index (χ1n) is 3.99. The zero-order chi connectivity index (χ0) is 10.7. The Balaban J connectivity index is 2.87. The van der Waals surface area contributed by atoms with E-state index in [1.54, 1.807) is 0 Å². The minimum absolute atomic E-state index is 0.0829. The Morgan fingerprint density at radius 2 is 1.93 bits per heavy atom. The van der Waals surface area contributed by atoms with Crippen LogP contribution in [0.1, 0.15) is 28.0 Å². The fraction of sp³-hybridized carbons (Fsp3) is 0.333. The first-order valence-corrected chi connectivity index (χ1v) is 3.99. The number of Topliss-reactive ketones (excluding diaryl/α,β-unsaturated/α-hetero) is 1. The number of hydrogen-bond acceptors (Lipinski definition) is 4. The molecular weight excluding hydrogens is 186 g/mol. The van der Waals surface area contributed by atoms with Crippen molar-refractivity contribution < 1.29 is 18.8 Å². The summed E-state index contributed by atoms with van der Waals surface area (Å²) in [4.78, 5) is 27.0. The molecule has 0 aliphatic heterocycles. The van der Waals surface area contributed by atoms with E-state index in [1.165, 1.54) is 33.2 Å². The summed E-state index contributed by atoms with van der Waals surface area (Å²) in [5.74, 6) is -0.401. The van der Waals surface area contributed by atoms with E-state index in [0.717, 1.165) is 5.06 Å². The van der Waals surface area contributed by atoms with Crippen molar-refractivity contribution in [3.63, 3.8) is 0 Å². The molecule has 0 fully saturated rings. The molecule has 0 unspecified atom stereocenters. The maximum absolute atomic E-state index is 11.4. The predicted molar refractivity (Wildman–Crippen MR) is 47.8 cm³/mol. The van der Waals surface area contributed by atoms with Crippen LogP contribution in [-0.2, 0) is 4.84 Å². The molecule has 14 heavy (non-hydrogen) atoms. The zero-order valence-electron chi connectivity index (χ0n) is 8.23. The normalized spacial score (nSPS) is 9.93. The minimum atomic E-state index is -0.431. The highest BCUT2D eigenvalue weighted by molar-refractivity contribution is 5.95. The van der Waals surface area contributed by atoms with Crippen molar-refractivity contribution in [2.24, 2.45) is 0 Å². The molecule has 0 aromatic carbocycles. The van der Waals surface area contributed by atoms with Gasteiger partial charge in [0.1, 0.15) is 0 Å². The second-order valence-corrected chi connectivity index (χ2v) is 2.71. The summed E-state index contributed by atoms with van der Waals surface area (Å²) in [6.45, 7) is 1.37. The van der Waals surface area contributed by atoms with E-state index < -0.39 is 5.91 Å². The molecular formula is C9H11NO4. The van der Waals surface area contributed by atoms with Gasteiger partial charge in [0.25, 0.3) is 0 Å². The third-order valence-electron chi connectivity index (χ3n) is 1.72. The molecule has 76 valence electrons. The lowest BCUT2D eigenvalue weighted by Gasteiger charge is -2.10. The lowest BCUT2D eigenvalue weighted by molar-refractivity contribution is -0.0773. The molecule has 1 aromatic rings. The Hall–Kier alpha value is -1.62. The molecule has 0 atom stereocenters. The van der Waals surface area contributed by atoms with Crippen LogP contribution in [0.25, 0.3) is 0 Å². The number of rotatable bonds is 3. The summed E-state index contributed by atoms with van der Waals surface area (Å²) in [5, 5.41) is 1.02. The first kappa shape index (κ1) is 10.5. The van der Waals surface area contributed by atoms with Gasteiger partial charge in [0.05, 0.1) is 7.11 Å². The maximum Gasteiger partial charge on any atom is 0.312 e. The Labute approximate surface area is 81.2 Å². The SMILES string of the molecule is CON(C)C(=O)c1ccc(C(C)=O)o1. The average molecular weight is 197 g/mol. The third kappa shape index (κ3) is 2.00. The van der Waals surface area contributed by atoms with Gasteiger partial charge in [-0.15, -0.1) is 0 Å². The van der Waals surface area contributed by atoms with Gasteiger partial charge in [0.2, 0.25) is 0 Å². The van der Waals surface area contributed by atoms with Crippen LogP contribution in [0, 0.1) is 0 Å². The largest absolute Gasteiger partial charge is 0.448 e. The number of ketones is 1. The van der Waals surface area contributed by atoms with Crippen LogP contribution in [0.3, 0.4) is 0 Å². The number of carbonyl (C=O) groups excluding carboxylic acids is 2. The van der Waals surface area contributed by atoms with Crippen LogP contribution in [0.4, 0.5) is 0 Å². The predicted octanol–water partition coefficient (Wildman–Crippen LogP) is 1.12. The topological polar surface area (TPSA) is 59.8 Å². The van der Waals surface area contributed by atoms with Crippen molar-refractivity contribution >= 4 is 11.7 Å². The number of nitrogens with zero attached hydrogens (tertiary/aromatic N) is 1. The fourth-order valence-electron chi connectivity index (χ4n) is 0.880. The molecule has 0 bridgehead atoms. The summed E-state index contributed by atoms with van der Waals surface area (Å²) in [7, 11) is 2.82. The van der Waals surface area contributed by atoms with Crippen LogP contribution < -0.4 is 0 Å². The summed E-state index contributed by atoms with van der Waals surface area (Å²) in [5.41, 5.74) is 0. The van der Waals surface area contributed by atoms with Gasteiger partial charge in [0.15, 0.2) is 17.3 Å². The Morgan fingerprint density at radius 1 is 1.36 bits per heavy atom. The lowest BCUT2D eigenvalue weighted by Crippen LogP contribution is -2.24. The van der Waals surface area contributed by atoms with Crippen molar-refractivity contribution in [2.45, 2.75) is 6.92 Å². The zero-order valence-corrected chi connectivity index (χ0v) is 8.23. The standard InChI is InChI=1S/C9H11NO4/c1-6(11)7-4-5-8(14-7)9(12)10(2)13-3/h4-5H,1-3H3. The average Bonchev–Trinajstić information content (AvgIpc) is 2.64. The number of hydroxylamine groups is 2. The van der Waals surface area contributed by atoms with Crippen molar-refractivity contribution in [1.29, 1.82) is 0 Å². The highest BCUT2D eigenvalue weighted by Crippen LogP contribution is 2.10. The lowest BCUT2D eigenvalue weighted by atomic mass is 10.3. The highest BCUT2D eigenvalue weighted by Gasteiger charge is 2.16. The van der Waals surface area contributed by atoms with E-state index in [9.17, 15) is 9.59 Å². The van der Waals surface area contributed by atoms with E-state index in [2.05, 4.69) is 4.84 Å². The van der Waals surface area contributed by atoms with Crippen LogP contribution in [-0.4, -0.2) is 30.9 Å². The van der Waals surface area contributed by atoms with Gasteiger partial charge >= 0.3 is 5.91 Å². The van der Waals surface area contributed by atoms with Crippen LogP contribution in [0.15, 0.2) is 16.5 Å². The third-order valence-corrected chi connectivity index (χ3v) is 1.72. The molecule has 1 rings (SSSR count). The molecule has 1 amide bonds. The molecule has 5 nitrogen and oxygen atoms in total. The van der Waals surface area contributed by atoms with Crippen molar-refractivity contribution in [3.05, 3.63) is 23.7 Å². The number of amides is 1. The molecule has 0 aliphatic rings. The molecule has 0 radical (unpaired) electrons. The minimum Gasteiger partial charge on any atom is -0.448 e.